The average Bonchev–Trinajstić information content (AvgIpc) is 3.21. The largest absolute Gasteiger partial charge is 0.444 e. The third-order valence-electron chi connectivity index (χ3n) is 8.98. The summed E-state index contributed by atoms with van der Waals surface area (Å²) in [6.45, 7) is 7.99. The van der Waals surface area contributed by atoms with Crippen molar-refractivity contribution >= 4 is 17.9 Å². The van der Waals surface area contributed by atoms with Gasteiger partial charge < -0.3 is 15.4 Å². The van der Waals surface area contributed by atoms with Crippen molar-refractivity contribution in [2.45, 2.75) is 70.8 Å². The number of benzene rings is 2. The zero-order chi connectivity index (χ0) is 28.5. The van der Waals surface area contributed by atoms with Crippen molar-refractivity contribution in [3.05, 3.63) is 58.9 Å². The lowest BCUT2D eigenvalue weighted by Crippen LogP contribution is -2.56. The predicted molar refractivity (Wildman–Crippen MR) is 144 cm³/mol. The molecule has 0 radical (unpaired) electrons. The van der Waals surface area contributed by atoms with Crippen molar-refractivity contribution in [1.29, 1.82) is 5.26 Å². The number of likely N-dealkylation sites (tertiary alicyclic amines) is 1. The normalized spacial score (nSPS) is 28.3. The Balaban J connectivity index is 1.16. The summed E-state index contributed by atoms with van der Waals surface area (Å²) in [6.07, 6.45) is 0.253. The number of amides is 3. The summed E-state index contributed by atoms with van der Waals surface area (Å²) in [5.41, 5.74) is 2.55. The molecule has 2 aliphatic heterocycles. The SMILES string of the molecule is C[C@H]1[C@H]2[C@H]3C[C@@H]([C@@H]12)N(C(=O)OC(C)(C)C)[C@@H]3C(=O)N[C@H](C#N)Cc1ccc(-c2ccc3c(c2)CNC3=O)cc1F. The highest BCUT2D eigenvalue weighted by atomic mass is 19.1. The molecule has 2 bridgehead atoms. The fraction of sp³-hybridized carbons (Fsp3) is 0.484. The number of rotatable bonds is 5. The molecule has 3 amide bonds. The highest BCUT2D eigenvalue weighted by molar-refractivity contribution is 5.99. The molecule has 2 aromatic carbocycles. The molecule has 9 heteroatoms. The molecule has 2 aromatic rings. The van der Waals surface area contributed by atoms with Crippen molar-refractivity contribution in [2.75, 3.05) is 0 Å². The highest BCUT2D eigenvalue weighted by Crippen LogP contribution is 2.67. The van der Waals surface area contributed by atoms with E-state index in [1.54, 1.807) is 49.9 Å². The number of carbonyl (C=O) groups is 3. The topological polar surface area (TPSA) is 112 Å². The van der Waals surface area contributed by atoms with Crippen molar-refractivity contribution in [1.82, 2.24) is 15.5 Å². The van der Waals surface area contributed by atoms with E-state index in [0.717, 1.165) is 17.5 Å². The molecule has 2 aliphatic carbocycles. The number of nitriles is 1. The van der Waals surface area contributed by atoms with Crippen LogP contribution < -0.4 is 10.6 Å². The predicted octanol–water partition coefficient (Wildman–Crippen LogP) is 4.18. The van der Waals surface area contributed by atoms with Crippen LogP contribution >= 0.6 is 0 Å². The number of hydrogen-bond acceptors (Lipinski definition) is 5. The van der Waals surface area contributed by atoms with E-state index >= 15 is 4.39 Å². The first-order valence-electron chi connectivity index (χ1n) is 13.9. The number of nitrogens with zero attached hydrogens (tertiary/aromatic N) is 2. The van der Waals surface area contributed by atoms with Gasteiger partial charge in [0, 0.05) is 24.6 Å². The van der Waals surface area contributed by atoms with Crippen molar-refractivity contribution < 1.29 is 23.5 Å². The molecule has 1 saturated heterocycles. The average molecular weight is 545 g/mol. The summed E-state index contributed by atoms with van der Waals surface area (Å²) in [7, 11) is 0. The summed E-state index contributed by atoms with van der Waals surface area (Å²) in [5, 5.41) is 15.4. The lowest BCUT2D eigenvalue weighted by atomic mass is 9.94. The molecule has 208 valence electrons. The Bertz CT molecular complexity index is 1460. The number of nitrogens with one attached hydrogen (secondary N) is 2. The second-order valence-corrected chi connectivity index (χ2v) is 12.6. The molecule has 0 unspecified atom stereocenters. The molecule has 4 aliphatic rings. The molecule has 40 heavy (non-hydrogen) atoms. The Kier molecular flexibility index (Phi) is 6.13. The number of halogens is 1. The molecule has 8 nitrogen and oxygen atoms in total. The van der Waals surface area contributed by atoms with E-state index in [0.29, 0.717) is 41.0 Å². The second kappa shape index (κ2) is 9.33. The van der Waals surface area contributed by atoms with E-state index in [9.17, 15) is 19.6 Å². The van der Waals surface area contributed by atoms with Crippen LogP contribution in [0.4, 0.5) is 9.18 Å². The van der Waals surface area contributed by atoms with Gasteiger partial charge in [0.1, 0.15) is 23.5 Å². The first kappa shape index (κ1) is 26.3. The molecule has 2 N–H and O–H groups in total. The van der Waals surface area contributed by atoms with E-state index in [1.165, 1.54) is 6.07 Å². The third kappa shape index (κ3) is 4.40. The molecule has 0 spiro atoms. The molecule has 6 rings (SSSR count). The molecular weight excluding hydrogens is 511 g/mol. The molecule has 7 atom stereocenters. The summed E-state index contributed by atoms with van der Waals surface area (Å²) >= 11 is 0. The summed E-state index contributed by atoms with van der Waals surface area (Å²) in [6, 6.07) is 10.6. The summed E-state index contributed by atoms with van der Waals surface area (Å²) in [4.78, 5) is 40.1. The quantitative estimate of drug-likeness (QED) is 0.587. The third-order valence-corrected chi connectivity index (χ3v) is 8.98. The minimum atomic E-state index is -0.961. The van der Waals surface area contributed by atoms with Gasteiger partial charge in [0.15, 0.2) is 0 Å². The van der Waals surface area contributed by atoms with Gasteiger partial charge in [-0.05, 0) is 91.3 Å². The monoisotopic (exact) mass is 544 g/mol. The maximum absolute atomic E-state index is 15.2. The Hall–Kier alpha value is -3.93. The summed E-state index contributed by atoms with van der Waals surface area (Å²) in [5.74, 6) is 0.298. The van der Waals surface area contributed by atoms with Gasteiger partial charge in [0.25, 0.3) is 5.91 Å². The Labute approximate surface area is 232 Å². The van der Waals surface area contributed by atoms with E-state index in [2.05, 4.69) is 23.6 Å². The fourth-order valence-electron chi connectivity index (χ4n) is 7.25. The maximum atomic E-state index is 15.2. The van der Waals surface area contributed by atoms with Crippen LogP contribution in [-0.4, -0.2) is 46.5 Å². The smallest absolute Gasteiger partial charge is 0.411 e. The second-order valence-electron chi connectivity index (χ2n) is 12.6. The van der Waals surface area contributed by atoms with E-state index in [1.807, 2.05) is 6.07 Å². The molecular formula is C31H33FN4O4. The molecule has 0 aromatic heterocycles. The van der Waals surface area contributed by atoms with Crippen LogP contribution in [0, 0.1) is 40.8 Å². The van der Waals surface area contributed by atoms with E-state index < -0.39 is 29.6 Å². The standard InChI is InChI=1S/C31H33FN4O4/c1-15-25-22-12-24(26(15)25)36(30(39)40-31(2,3)4)27(22)29(38)35-20(13-33)10-18-6-5-17(11-23(18)32)16-7-8-21-19(9-16)14-34-28(21)37/h5-9,11,15,20,22,24-27H,10,12,14H2,1-4H3,(H,34,37)(H,35,38)/t15-,20-,22+,24-,25-,26+,27-/m0/s1. The number of ether oxygens (including phenoxy) is 1. The summed E-state index contributed by atoms with van der Waals surface area (Å²) < 4.78 is 20.8. The van der Waals surface area contributed by atoms with E-state index in [-0.39, 0.29) is 30.2 Å². The van der Waals surface area contributed by atoms with Crippen molar-refractivity contribution in [3.8, 4) is 17.2 Å². The lowest BCUT2D eigenvalue weighted by Gasteiger charge is -2.35. The van der Waals surface area contributed by atoms with Gasteiger partial charge >= 0.3 is 6.09 Å². The first-order chi connectivity index (χ1) is 19.0. The fourth-order valence-corrected chi connectivity index (χ4v) is 7.25. The van der Waals surface area contributed by atoms with E-state index in [4.69, 9.17) is 4.74 Å². The Morgan fingerprint density at radius 1 is 1.20 bits per heavy atom. The maximum Gasteiger partial charge on any atom is 0.411 e. The number of piperidine rings is 1. The highest BCUT2D eigenvalue weighted by Gasteiger charge is 2.71. The van der Waals surface area contributed by atoms with Crippen LogP contribution in [0.5, 0.6) is 0 Å². The van der Waals surface area contributed by atoms with Gasteiger partial charge in [-0.15, -0.1) is 0 Å². The van der Waals surface area contributed by atoms with Crippen LogP contribution in [0.1, 0.15) is 55.6 Å². The van der Waals surface area contributed by atoms with Gasteiger partial charge in [-0.2, -0.15) is 5.26 Å². The van der Waals surface area contributed by atoms with Gasteiger partial charge in [0.05, 0.1) is 6.07 Å². The van der Waals surface area contributed by atoms with Crippen LogP contribution in [0.3, 0.4) is 0 Å². The van der Waals surface area contributed by atoms with Crippen LogP contribution in [-0.2, 0) is 22.5 Å². The number of hydrogen-bond donors (Lipinski definition) is 2. The minimum absolute atomic E-state index is 0.00727. The lowest BCUT2D eigenvalue weighted by molar-refractivity contribution is -0.128. The first-order valence-corrected chi connectivity index (χ1v) is 13.9. The Morgan fingerprint density at radius 2 is 1.93 bits per heavy atom. The van der Waals surface area contributed by atoms with Gasteiger partial charge in [-0.25, -0.2) is 9.18 Å². The zero-order valence-corrected chi connectivity index (χ0v) is 23.0. The van der Waals surface area contributed by atoms with Gasteiger partial charge in [-0.1, -0.05) is 25.1 Å². The van der Waals surface area contributed by atoms with Crippen molar-refractivity contribution in [3.63, 3.8) is 0 Å². The van der Waals surface area contributed by atoms with Crippen LogP contribution in [0.25, 0.3) is 11.1 Å². The number of carbonyl (C=O) groups excluding carboxylic acids is 3. The van der Waals surface area contributed by atoms with Crippen LogP contribution in [0.2, 0.25) is 0 Å². The minimum Gasteiger partial charge on any atom is -0.444 e. The molecule has 3 fully saturated rings. The zero-order valence-electron chi connectivity index (χ0n) is 23.0. The Morgan fingerprint density at radius 3 is 2.62 bits per heavy atom. The number of fused-ring (bicyclic) bond motifs is 6. The molecule has 2 heterocycles. The van der Waals surface area contributed by atoms with Gasteiger partial charge in [-0.3, -0.25) is 14.5 Å². The van der Waals surface area contributed by atoms with Gasteiger partial charge in [0.2, 0.25) is 5.91 Å². The molecule has 2 saturated carbocycles. The van der Waals surface area contributed by atoms with Crippen molar-refractivity contribution in [2.24, 2.45) is 23.7 Å². The van der Waals surface area contributed by atoms with Crippen LogP contribution in [0.15, 0.2) is 36.4 Å².